The van der Waals surface area contributed by atoms with Crippen LogP contribution in [0.3, 0.4) is 0 Å². The molecule has 152 valence electrons. The number of sulfonamides is 1. The lowest BCUT2D eigenvalue weighted by Crippen LogP contribution is -2.33. The second-order valence-electron chi connectivity index (χ2n) is 6.61. The van der Waals surface area contributed by atoms with Crippen molar-refractivity contribution in [1.29, 1.82) is 0 Å². The average Bonchev–Trinajstić information content (AvgIpc) is 3.22. The van der Waals surface area contributed by atoms with Crippen LogP contribution in [0.25, 0.3) is 0 Å². The summed E-state index contributed by atoms with van der Waals surface area (Å²) in [4.78, 5) is 12.5. The van der Waals surface area contributed by atoms with E-state index in [-0.39, 0.29) is 17.2 Å². The molecule has 1 amide bonds. The molecule has 0 radical (unpaired) electrons. The molecule has 0 saturated carbocycles. The van der Waals surface area contributed by atoms with Gasteiger partial charge in [0.1, 0.15) is 5.76 Å². The molecule has 3 aromatic rings. The van der Waals surface area contributed by atoms with Crippen LogP contribution in [-0.2, 0) is 21.4 Å². The van der Waals surface area contributed by atoms with E-state index < -0.39 is 16.1 Å². The molecular formula is C21H21ClN2O4S. The maximum Gasteiger partial charge on any atom is 0.241 e. The van der Waals surface area contributed by atoms with Crippen molar-refractivity contribution in [3.05, 3.63) is 88.8 Å². The highest BCUT2D eigenvalue weighted by molar-refractivity contribution is 7.89. The highest BCUT2D eigenvalue weighted by Crippen LogP contribution is 2.22. The maximum atomic E-state index is 12.7. The summed E-state index contributed by atoms with van der Waals surface area (Å²) in [5.74, 6) is 0.0544. The van der Waals surface area contributed by atoms with Crippen molar-refractivity contribution < 1.29 is 17.6 Å². The number of carbonyl (C=O) groups excluding carboxylic acids is 1. The third kappa shape index (κ3) is 5.93. The molecule has 0 spiro atoms. The molecule has 29 heavy (non-hydrogen) atoms. The van der Waals surface area contributed by atoms with E-state index in [1.807, 2.05) is 31.2 Å². The molecule has 0 bridgehead atoms. The first kappa shape index (κ1) is 21.1. The van der Waals surface area contributed by atoms with Gasteiger partial charge < -0.3 is 9.73 Å². The molecule has 1 atom stereocenters. The lowest BCUT2D eigenvalue weighted by Gasteiger charge is -2.17. The van der Waals surface area contributed by atoms with Gasteiger partial charge in [-0.2, -0.15) is 4.72 Å². The van der Waals surface area contributed by atoms with Crippen molar-refractivity contribution in [2.45, 2.75) is 30.8 Å². The lowest BCUT2D eigenvalue weighted by atomic mass is 10.1. The SMILES string of the molecule is Cc1ccc(CNC(=O)C[C@@H](NS(=O)(=O)c2ccc(Cl)cc2)c2ccco2)cc1. The molecule has 0 unspecified atom stereocenters. The number of amides is 1. The normalized spacial score (nSPS) is 12.5. The van der Waals surface area contributed by atoms with E-state index in [2.05, 4.69) is 10.0 Å². The predicted octanol–water partition coefficient (Wildman–Crippen LogP) is 3.97. The van der Waals surface area contributed by atoms with Gasteiger partial charge in [-0.1, -0.05) is 41.4 Å². The number of furan rings is 1. The van der Waals surface area contributed by atoms with Gasteiger partial charge in [0.2, 0.25) is 15.9 Å². The molecule has 0 aliphatic carbocycles. The van der Waals surface area contributed by atoms with Crippen LogP contribution in [0.2, 0.25) is 5.02 Å². The molecule has 3 rings (SSSR count). The Kier molecular flexibility index (Phi) is 6.74. The summed E-state index contributed by atoms with van der Waals surface area (Å²) in [6.45, 7) is 2.34. The number of aryl methyl sites for hydroxylation is 1. The summed E-state index contributed by atoms with van der Waals surface area (Å²) in [7, 11) is -3.87. The van der Waals surface area contributed by atoms with Gasteiger partial charge >= 0.3 is 0 Å². The van der Waals surface area contributed by atoms with E-state index in [1.165, 1.54) is 30.5 Å². The first-order valence-electron chi connectivity index (χ1n) is 8.97. The summed E-state index contributed by atoms with van der Waals surface area (Å²) < 4.78 is 33.3. The molecule has 1 aromatic heterocycles. The average molecular weight is 433 g/mol. The Bertz CT molecular complexity index is 1050. The molecule has 6 nitrogen and oxygen atoms in total. The molecule has 0 saturated heterocycles. The highest BCUT2D eigenvalue weighted by Gasteiger charge is 2.25. The third-order valence-electron chi connectivity index (χ3n) is 4.31. The summed E-state index contributed by atoms with van der Waals surface area (Å²) >= 11 is 5.83. The first-order valence-corrected chi connectivity index (χ1v) is 10.8. The van der Waals surface area contributed by atoms with Crippen LogP contribution in [0.5, 0.6) is 0 Å². The second-order valence-corrected chi connectivity index (χ2v) is 8.76. The Morgan fingerprint density at radius 3 is 2.38 bits per heavy atom. The Balaban J connectivity index is 1.69. The van der Waals surface area contributed by atoms with Gasteiger partial charge in [0, 0.05) is 11.6 Å². The van der Waals surface area contributed by atoms with Crippen LogP contribution < -0.4 is 10.0 Å². The predicted molar refractivity (Wildman–Crippen MR) is 111 cm³/mol. The van der Waals surface area contributed by atoms with Crippen molar-refractivity contribution >= 4 is 27.5 Å². The van der Waals surface area contributed by atoms with Crippen molar-refractivity contribution in [2.75, 3.05) is 0 Å². The lowest BCUT2D eigenvalue weighted by molar-refractivity contribution is -0.121. The quantitative estimate of drug-likeness (QED) is 0.563. The second kappa shape index (κ2) is 9.26. The molecule has 2 aromatic carbocycles. The van der Waals surface area contributed by atoms with Gasteiger partial charge in [-0.15, -0.1) is 0 Å². The standard InChI is InChI=1S/C21H21ClN2O4S/c1-15-4-6-16(7-5-15)14-23-21(25)13-19(20-3-2-12-28-20)24-29(26,27)18-10-8-17(22)9-11-18/h2-12,19,24H,13-14H2,1H3,(H,23,25)/t19-/m1/s1. The minimum Gasteiger partial charge on any atom is -0.468 e. The van der Waals surface area contributed by atoms with Gasteiger partial charge in [-0.05, 0) is 48.9 Å². The highest BCUT2D eigenvalue weighted by atomic mass is 35.5. The number of hydrogen-bond donors (Lipinski definition) is 2. The Labute approximate surface area is 174 Å². The van der Waals surface area contributed by atoms with Gasteiger partial charge in [0.15, 0.2) is 0 Å². The van der Waals surface area contributed by atoms with E-state index in [9.17, 15) is 13.2 Å². The fourth-order valence-electron chi connectivity index (χ4n) is 2.72. The van der Waals surface area contributed by atoms with Gasteiger partial charge in [-0.3, -0.25) is 4.79 Å². The number of rotatable bonds is 8. The fourth-order valence-corrected chi connectivity index (χ4v) is 4.05. The van der Waals surface area contributed by atoms with Gasteiger partial charge in [0.05, 0.1) is 23.6 Å². The summed E-state index contributed by atoms with van der Waals surface area (Å²) in [6.07, 6.45) is 1.33. The summed E-state index contributed by atoms with van der Waals surface area (Å²) in [5, 5.41) is 3.24. The molecule has 8 heteroatoms. The Hall–Kier alpha value is -2.61. The monoisotopic (exact) mass is 432 g/mol. The number of hydrogen-bond acceptors (Lipinski definition) is 4. The third-order valence-corrected chi connectivity index (χ3v) is 6.05. The van der Waals surface area contributed by atoms with Crippen molar-refractivity contribution in [1.82, 2.24) is 10.0 Å². The Morgan fingerprint density at radius 1 is 1.07 bits per heavy atom. The van der Waals surface area contributed by atoms with Crippen molar-refractivity contribution in [3.63, 3.8) is 0 Å². The first-order chi connectivity index (χ1) is 13.8. The zero-order valence-electron chi connectivity index (χ0n) is 15.8. The number of nitrogens with one attached hydrogen (secondary N) is 2. The van der Waals surface area contributed by atoms with Crippen LogP contribution >= 0.6 is 11.6 Å². The van der Waals surface area contributed by atoms with Crippen LogP contribution in [0.4, 0.5) is 0 Å². The number of carbonyl (C=O) groups is 1. The van der Waals surface area contributed by atoms with Crippen LogP contribution in [0, 0.1) is 6.92 Å². The molecular weight excluding hydrogens is 412 g/mol. The summed E-state index contributed by atoms with van der Waals surface area (Å²) in [6, 6.07) is 16.0. The molecule has 0 aliphatic heterocycles. The fraction of sp³-hybridized carbons (Fsp3) is 0.190. The number of halogens is 1. The Morgan fingerprint density at radius 2 is 1.76 bits per heavy atom. The minimum atomic E-state index is -3.87. The van der Waals surface area contributed by atoms with Crippen molar-refractivity contribution in [2.24, 2.45) is 0 Å². The van der Waals surface area contributed by atoms with E-state index in [0.717, 1.165) is 11.1 Å². The van der Waals surface area contributed by atoms with Gasteiger partial charge in [0.25, 0.3) is 0 Å². The molecule has 0 fully saturated rings. The maximum absolute atomic E-state index is 12.7. The largest absolute Gasteiger partial charge is 0.468 e. The molecule has 0 aliphatic rings. The zero-order chi connectivity index (χ0) is 20.9. The van der Waals surface area contributed by atoms with E-state index >= 15 is 0 Å². The van der Waals surface area contributed by atoms with Gasteiger partial charge in [-0.25, -0.2) is 8.42 Å². The van der Waals surface area contributed by atoms with Crippen LogP contribution in [0.1, 0.15) is 29.3 Å². The van der Waals surface area contributed by atoms with E-state index in [0.29, 0.717) is 17.3 Å². The molecule has 1 heterocycles. The zero-order valence-corrected chi connectivity index (χ0v) is 17.3. The number of benzene rings is 2. The van der Waals surface area contributed by atoms with Crippen molar-refractivity contribution in [3.8, 4) is 0 Å². The van der Waals surface area contributed by atoms with Crippen LogP contribution in [0.15, 0.2) is 76.2 Å². The van der Waals surface area contributed by atoms with Crippen LogP contribution in [-0.4, -0.2) is 14.3 Å². The van der Waals surface area contributed by atoms with E-state index in [4.69, 9.17) is 16.0 Å². The topological polar surface area (TPSA) is 88.4 Å². The minimum absolute atomic E-state index is 0.0542. The van der Waals surface area contributed by atoms with E-state index in [1.54, 1.807) is 12.1 Å². The smallest absolute Gasteiger partial charge is 0.241 e. The summed E-state index contributed by atoms with van der Waals surface area (Å²) in [5.41, 5.74) is 2.09. The molecule has 2 N–H and O–H groups in total.